The van der Waals surface area contributed by atoms with Gasteiger partial charge in [-0.3, -0.25) is 9.59 Å². The lowest BCUT2D eigenvalue weighted by atomic mass is 10.0. The van der Waals surface area contributed by atoms with E-state index >= 15 is 0 Å². The number of nitrogens with one attached hydrogen (secondary N) is 1. The summed E-state index contributed by atoms with van der Waals surface area (Å²) in [5.74, 6) is -0.985. The van der Waals surface area contributed by atoms with Crippen molar-refractivity contribution in [2.45, 2.75) is 25.5 Å². The fraction of sp³-hybridized carbons (Fsp3) is 0.412. The SMILES string of the molecule is CO[C@H]1C[C@@H](CO)N(C(=O)c2cc(=O)[nH]c3c(F)cc(C)cc23)C1. The van der Waals surface area contributed by atoms with Gasteiger partial charge in [-0.05, 0) is 31.0 Å². The number of nitrogens with zero attached hydrogens (tertiary/aromatic N) is 1. The van der Waals surface area contributed by atoms with Gasteiger partial charge in [0.15, 0.2) is 0 Å². The van der Waals surface area contributed by atoms with E-state index in [9.17, 15) is 19.1 Å². The minimum absolute atomic E-state index is 0.0134. The van der Waals surface area contributed by atoms with Crippen molar-refractivity contribution in [1.29, 1.82) is 0 Å². The van der Waals surface area contributed by atoms with Crippen LogP contribution in [-0.4, -0.2) is 53.3 Å². The number of aliphatic hydroxyl groups is 1. The Labute approximate surface area is 137 Å². The number of carbonyl (C=O) groups excluding carboxylic acids is 1. The standard InChI is InChI=1S/C17H19FN2O4/c1-9-3-12-13(6-15(22)19-16(12)14(18)4-9)17(23)20-7-11(24-2)5-10(20)8-21/h3-4,6,10-11,21H,5,7-8H2,1-2H3,(H,19,22)/t10-,11-/m0/s1. The fourth-order valence-electron chi connectivity index (χ4n) is 3.25. The molecular weight excluding hydrogens is 315 g/mol. The van der Waals surface area contributed by atoms with E-state index in [2.05, 4.69) is 4.98 Å². The van der Waals surface area contributed by atoms with Gasteiger partial charge in [-0.25, -0.2) is 4.39 Å². The highest BCUT2D eigenvalue weighted by Crippen LogP contribution is 2.26. The first-order valence-corrected chi connectivity index (χ1v) is 7.72. The number of carbonyl (C=O) groups is 1. The molecule has 0 saturated carbocycles. The molecule has 0 bridgehead atoms. The topological polar surface area (TPSA) is 82.6 Å². The van der Waals surface area contributed by atoms with Gasteiger partial charge in [-0.15, -0.1) is 0 Å². The van der Waals surface area contributed by atoms with Crippen LogP contribution in [0.4, 0.5) is 4.39 Å². The fourth-order valence-corrected chi connectivity index (χ4v) is 3.25. The van der Waals surface area contributed by atoms with Crippen molar-refractivity contribution >= 4 is 16.8 Å². The maximum Gasteiger partial charge on any atom is 0.255 e. The van der Waals surface area contributed by atoms with Crippen LogP contribution in [0, 0.1) is 12.7 Å². The van der Waals surface area contributed by atoms with Crippen LogP contribution in [0.25, 0.3) is 10.9 Å². The van der Waals surface area contributed by atoms with Crippen molar-refractivity contribution in [1.82, 2.24) is 9.88 Å². The van der Waals surface area contributed by atoms with Gasteiger partial charge in [-0.2, -0.15) is 0 Å². The molecule has 7 heteroatoms. The van der Waals surface area contributed by atoms with Gasteiger partial charge in [-0.1, -0.05) is 0 Å². The number of halogens is 1. The lowest BCUT2D eigenvalue weighted by molar-refractivity contribution is 0.0649. The Bertz CT molecular complexity index is 848. The number of ether oxygens (including phenoxy) is 1. The predicted molar refractivity (Wildman–Crippen MR) is 86.6 cm³/mol. The Balaban J connectivity index is 2.12. The van der Waals surface area contributed by atoms with Gasteiger partial charge in [0, 0.05) is 25.1 Å². The van der Waals surface area contributed by atoms with Gasteiger partial charge in [0.25, 0.3) is 5.91 Å². The first kappa shape index (κ1) is 16.6. The van der Waals surface area contributed by atoms with Crippen molar-refractivity contribution in [3.63, 3.8) is 0 Å². The second kappa shape index (κ2) is 6.33. The Hall–Kier alpha value is -2.25. The van der Waals surface area contributed by atoms with Crippen LogP contribution in [0.2, 0.25) is 0 Å². The van der Waals surface area contributed by atoms with Crippen LogP contribution in [-0.2, 0) is 4.74 Å². The highest BCUT2D eigenvalue weighted by Gasteiger charge is 2.36. The van der Waals surface area contributed by atoms with Gasteiger partial charge in [0.05, 0.1) is 29.8 Å². The summed E-state index contributed by atoms with van der Waals surface area (Å²) in [6.45, 7) is 1.85. The molecule has 128 valence electrons. The molecule has 1 aliphatic heterocycles. The van der Waals surface area contributed by atoms with Crippen LogP contribution in [0.15, 0.2) is 23.0 Å². The number of methoxy groups -OCH3 is 1. The molecule has 3 rings (SSSR count). The van der Waals surface area contributed by atoms with Crippen molar-refractivity contribution in [2.75, 3.05) is 20.3 Å². The molecule has 24 heavy (non-hydrogen) atoms. The molecule has 1 saturated heterocycles. The number of hydrogen-bond donors (Lipinski definition) is 2. The number of pyridine rings is 1. The summed E-state index contributed by atoms with van der Waals surface area (Å²) in [6.07, 6.45) is 0.352. The Morgan fingerprint density at radius 2 is 2.21 bits per heavy atom. The number of aromatic nitrogens is 1. The van der Waals surface area contributed by atoms with E-state index in [4.69, 9.17) is 4.74 Å². The summed E-state index contributed by atoms with van der Waals surface area (Å²) in [5, 5.41) is 9.88. The minimum Gasteiger partial charge on any atom is -0.394 e. The molecule has 2 atom stereocenters. The summed E-state index contributed by atoms with van der Waals surface area (Å²) in [4.78, 5) is 28.7. The maximum atomic E-state index is 14.2. The molecule has 1 aromatic carbocycles. The van der Waals surface area contributed by atoms with Gasteiger partial charge < -0.3 is 19.7 Å². The van der Waals surface area contributed by atoms with Crippen LogP contribution >= 0.6 is 0 Å². The first-order valence-electron chi connectivity index (χ1n) is 7.72. The second-order valence-corrected chi connectivity index (χ2v) is 6.10. The van der Waals surface area contributed by atoms with Crippen molar-refractivity contribution in [3.8, 4) is 0 Å². The van der Waals surface area contributed by atoms with Crippen LogP contribution in [0.1, 0.15) is 22.3 Å². The van der Waals surface area contributed by atoms with E-state index in [0.717, 1.165) is 0 Å². The molecule has 2 aromatic rings. The highest BCUT2D eigenvalue weighted by atomic mass is 19.1. The monoisotopic (exact) mass is 334 g/mol. The number of hydrogen-bond acceptors (Lipinski definition) is 4. The molecule has 1 amide bonds. The molecule has 0 radical (unpaired) electrons. The number of H-pyrrole nitrogens is 1. The van der Waals surface area contributed by atoms with E-state index in [1.165, 1.54) is 17.0 Å². The van der Waals surface area contributed by atoms with Crippen LogP contribution in [0.5, 0.6) is 0 Å². The average molecular weight is 334 g/mol. The number of aliphatic hydroxyl groups excluding tert-OH is 1. The molecule has 0 unspecified atom stereocenters. The summed E-state index contributed by atoms with van der Waals surface area (Å²) in [7, 11) is 1.55. The number of rotatable bonds is 3. The van der Waals surface area contributed by atoms with E-state index in [1.807, 2.05) is 0 Å². The summed E-state index contributed by atoms with van der Waals surface area (Å²) < 4.78 is 19.4. The number of benzene rings is 1. The molecular formula is C17H19FN2O4. The zero-order chi connectivity index (χ0) is 17.4. The number of amides is 1. The van der Waals surface area contributed by atoms with E-state index in [-0.39, 0.29) is 29.8 Å². The van der Waals surface area contributed by atoms with Crippen LogP contribution in [0.3, 0.4) is 0 Å². The van der Waals surface area contributed by atoms with E-state index in [0.29, 0.717) is 23.9 Å². The Morgan fingerprint density at radius 1 is 1.46 bits per heavy atom. The van der Waals surface area contributed by atoms with Gasteiger partial charge >= 0.3 is 0 Å². The second-order valence-electron chi connectivity index (χ2n) is 6.10. The van der Waals surface area contributed by atoms with Crippen LogP contribution < -0.4 is 5.56 Å². The number of fused-ring (bicyclic) bond motifs is 1. The molecule has 1 aromatic heterocycles. The van der Waals surface area contributed by atoms with Crippen molar-refractivity contribution in [2.24, 2.45) is 0 Å². The van der Waals surface area contributed by atoms with Crippen molar-refractivity contribution in [3.05, 3.63) is 45.5 Å². The quantitative estimate of drug-likeness (QED) is 0.883. The average Bonchev–Trinajstić information content (AvgIpc) is 2.98. The molecule has 2 N–H and O–H groups in total. The largest absolute Gasteiger partial charge is 0.394 e. The predicted octanol–water partition coefficient (Wildman–Crippen LogP) is 1.20. The smallest absolute Gasteiger partial charge is 0.255 e. The first-order chi connectivity index (χ1) is 11.4. The number of likely N-dealkylation sites (tertiary alicyclic amines) is 1. The van der Waals surface area contributed by atoms with E-state index in [1.54, 1.807) is 20.1 Å². The zero-order valence-electron chi connectivity index (χ0n) is 13.5. The third-order valence-corrected chi connectivity index (χ3v) is 4.46. The third kappa shape index (κ3) is 2.81. The zero-order valence-corrected chi connectivity index (χ0v) is 13.5. The normalized spacial score (nSPS) is 20.8. The third-order valence-electron chi connectivity index (χ3n) is 4.46. The maximum absolute atomic E-state index is 14.2. The molecule has 1 fully saturated rings. The van der Waals surface area contributed by atoms with Crippen molar-refractivity contribution < 1.29 is 19.0 Å². The molecule has 1 aliphatic rings. The van der Waals surface area contributed by atoms with Gasteiger partial charge in [0.1, 0.15) is 5.82 Å². The summed E-state index contributed by atoms with van der Waals surface area (Å²) in [6, 6.07) is 3.77. The lowest BCUT2D eigenvalue weighted by Gasteiger charge is -2.23. The molecule has 0 spiro atoms. The summed E-state index contributed by atoms with van der Waals surface area (Å²) >= 11 is 0. The highest BCUT2D eigenvalue weighted by molar-refractivity contribution is 6.06. The van der Waals surface area contributed by atoms with E-state index < -0.39 is 17.3 Å². The summed E-state index contributed by atoms with van der Waals surface area (Å²) in [5.41, 5.74) is 0.249. The minimum atomic E-state index is -0.577. The Kier molecular flexibility index (Phi) is 4.38. The molecule has 6 nitrogen and oxygen atoms in total. The van der Waals surface area contributed by atoms with Gasteiger partial charge in [0.2, 0.25) is 5.56 Å². The molecule has 0 aliphatic carbocycles. The molecule has 2 heterocycles. The number of aromatic amines is 1. The lowest BCUT2D eigenvalue weighted by Crippen LogP contribution is -2.38. The number of aryl methyl sites for hydroxylation is 1. The Morgan fingerprint density at radius 3 is 2.88 bits per heavy atom.